The van der Waals surface area contributed by atoms with E-state index in [0.29, 0.717) is 11.5 Å². The highest BCUT2D eigenvalue weighted by molar-refractivity contribution is 9.10. The minimum absolute atomic E-state index is 0.00715. The summed E-state index contributed by atoms with van der Waals surface area (Å²) in [5.74, 6) is 0.000107. The highest BCUT2D eigenvalue weighted by atomic mass is 79.9. The molecule has 1 saturated carbocycles. The number of carbonyl (C=O) groups excluding carboxylic acids is 2. The number of rotatable bonds is 4. The third kappa shape index (κ3) is 3.16. The van der Waals surface area contributed by atoms with Gasteiger partial charge in [-0.25, -0.2) is 0 Å². The fraction of sp³-hybridized carbons (Fsp3) is 0.385. The minimum Gasteiger partial charge on any atom is -0.457 e. The highest BCUT2D eigenvalue weighted by Gasteiger charge is 2.40. The van der Waals surface area contributed by atoms with Gasteiger partial charge in [-0.05, 0) is 24.5 Å². The molecule has 0 spiro atoms. The molecule has 1 fully saturated rings. The van der Waals surface area contributed by atoms with Crippen LogP contribution >= 0.6 is 15.9 Å². The molecule has 0 heterocycles. The third-order valence-corrected chi connectivity index (χ3v) is 3.45. The van der Waals surface area contributed by atoms with E-state index in [1.54, 1.807) is 24.3 Å². The summed E-state index contributed by atoms with van der Waals surface area (Å²) in [6.07, 6.45) is 0.880. The number of Topliss-reactive ketones (excluding diaryl/α,β-unsaturated/α-hetero) is 1. The zero-order chi connectivity index (χ0) is 12.4. The number of halogens is 1. The number of esters is 1. The second-order valence-electron chi connectivity index (χ2n) is 4.36. The van der Waals surface area contributed by atoms with Gasteiger partial charge in [0, 0.05) is 10.0 Å². The molecular formula is C13H13BrO3. The Morgan fingerprint density at radius 3 is 2.47 bits per heavy atom. The van der Waals surface area contributed by atoms with Crippen LogP contribution in [0.25, 0.3) is 0 Å². The summed E-state index contributed by atoms with van der Waals surface area (Å²) < 4.78 is 5.90. The molecular weight excluding hydrogens is 284 g/mol. The van der Waals surface area contributed by atoms with Gasteiger partial charge in [-0.15, -0.1) is 0 Å². The lowest BCUT2D eigenvalue weighted by Crippen LogP contribution is -2.15. The first kappa shape index (κ1) is 12.3. The van der Waals surface area contributed by atoms with Crippen molar-refractivity contribution >= 4 is 27.7 Å². The summed E-state index contributed by atoms with van der Waals surface area (Å²) in [6, 6.07) is 7.00. The Hall–Kier alpha value is -1.16. The summed E-state index contributed by atoms with van der Waals surface area (Å²) in [7, 11) is 0. The number of carbonyl (C=O) groups is 2. The Bertz CT molecular complexity index is 438. The van der Waals surface area contributed by atoms with Gasteiger partial charge in [0.05, 0.1) is 5.92 Å². The summed E-state index contributed by atoms with van der Waals surface area (Å²) in [5, 5.41) is 0. The van der Waals surface area contributed by atoms with Crippen molar-refractivity contribution < 1.29 is 14.3 Å². The van der Waals surface area contributed by atoms with Crippen LogP contribution in [0.2, 0.25) is 0 Å². The fourth-order valence-corrected chi connectivity index (χ4v) is 1.88. The quantitative estimate of drug-likeness (QED) is 0.634. The molecule has 1 aliphatic rings. The van der Waals surface area contributed by atoms with E-state index in [9.17, 15) is 9.59 Å². The van der Waals surface area contributed by atoms with Crippen molar-refractivity contribution in [1.82, 2.24) is 0 Å². The van der Waals surface area contributed by atoms with Crippen LogP contribution in [0.3, 0.4) is 0 Å². The van der Waals surface area contributed by atoms with Crippen molar-refractivity contribution in [2.45, 2.75) is 13.3 Å². The predicted octanol–water partition coefficient (Wildman–Crippen LogP) is 2.83. The predicted molar refractivity (Wildman–Crippen MR) is 66.7 cm³/mol. The monoisotopic (exact) mass is 296 g/mol. The Kier molecular flexibility index (Phi) is 3.62. The van der Waals surface area contributed by atoms with Gasteiger partial charge < -0.3 is 4.74 Å². The lowest BCUT2D eigenvalue weighted by Gasteiger charge is -2.03. The molecule has 0 radical (unpaired) electrons. The van der Waals surface area contributed by atoms with Gasteiger partial charge in [0.15, 0.2) is 12.4 Å². The van der Waals surface area contributed by atoms with Crippen molar-refractivity contribution in [2.24, 2.45) is 11.8 Å². The van der Waals surface area contributed by atoms with E-state index in [0.717, 1.165) is 10.9 Å². The molecule has 2 rings (SSSR count). The van der Waals surface area contributed by atoms with E-state index in [1.807, 2.05) is 6.92 Å². The lowest BCUT2D eigenvalue weighted by molar-refractivity contribution is -0.144. The summed E-state index contributed by atoms with van der Waals surface area (Å²) in [5.41, 5.74) is 0.560. The van der Waals surface area contributed by atoms with Crippen LogP contribution in [-0.2, 0) is 9.53 Å². The molecule has 1 aromatic rings. The zero-order valence-electron chi connectivity index (χ0n) is 9.48. The smallest absolute Gasteiger partial charge is 0.309 e. The third-order valence-electron chi connectivity index (χ3n) is 2.92. The molecule has 0 amide bonds. The van der Waals surface area contributed by atoms with Crippen LogP contribution in [0, 0.1) is 11.8 Å². The van der Waals surface area contributed by atoms with E-state index in [1.165, 1.54) is 0 Å². The topological polar surface area (TPSA) is 43.4 Å². The largest absolute Gasteiger partial charge is 0.457 e. The van der Waals surface area contributed by atoms with E-state index < -0.39 is 0 Å². The second kappa shape index (κ2) is 5.00. The van der Waals surface area contributed by atoms with Gasteiger partial charge in [-0.1, -0.05) is 35.0 Å². The molecule has 0 saturated heterocycles. The average Bonchev–Trinajstić information content (AvgIpc) is 3.04. The van der Waals surface area contributed by atoms with E-state index in [2.05, 4.69) is 15.9 Å². The van der Waals surface area contributed by atoms with Crippen molar-refractivity contribution in [2.75, 3.05) is 6.61 Å². The van der Waals surface area contributed by atoms with Gasteiger partial charge in [-0.3, -0.25) is 9.59 Å². The molecule has 0 aromatic heterocycles. The molecule has 1 aliphatic carbocycles. The van der Waals surface area contributed by atoms with Crippen LogP contribution in [0.5, 0.6) is 0 Å². The van der Waals surface area contributed by atoms with Crippen molar-refractivity contribution in [3.63, 3.8) is 0 Å². The van der Waals surface area contributed by atoms with E-state index in [-0.39, 0.29) is 24.3 Å². The average molecular weight is 297 g/mol. The van der Waals surface area contributed by atoms with Crippen LogP contribution in [0.1, 0.15) is 23.7 Å². The number of hydrogen-bond donors (Lipinski definition) is 0. The summed E-state index contributed by atoms with van der Waals surface area (Å²) in [4.78, 5) is 23.1. The lowest BCUT2D eigenvalue weighted by atomic mass is 10.1. The van der Waals surface area contributed by atoms with E-state index in [4.69, 9.17) is 4.74 Å². The number of benzene rings is 1. The molecule has 17 heavy (non-hydrogen) atoms. The Balaban J connectivity index is 1.85. The molecule has 0 unspecified atom stereocenters. The summed E-state index contributed by atoms with van der Waals surface area (Å²) in [6.45, 7) is 1.84. The first-order chi connectivity index (χ1) is 8.08. The van der Waals surface area contributed by atoms with Crippen molar-refractivity contribution in [3.05, 3.63) is 34.3 Å². The van der Waals surface area contributed by atoms with Crippen LogP contribution in [-0.4, -0.2) is 18.4 Å². The van der Waals surface area contributed by atoms with Crippen LogP contribution < -0.4 is 0 Å². The first-order valence-corrected chi connectivity index (χ1v) is 6.32. The molecule has 4 heteroatoms. The molecule has 0 aliphatic heterocycles. The Morgan fingerprint density at radius 1 is 1.35 bits per heavy atom. The summed E-state index contributed by atoms with van der Waals surface area (Å²) >= 11 is 3.29. The normalized spacial score (nSPS) is 22.0. The van der Waals surface area contributed by atoms with Gasteiger partial charge in [0.25, 0.3) is 0 Å². The molecule has 1 aromatic carbocycles. The van der Waals surface area contributed by atoms with Crippen LogP contribution in [0.15, 0.2) is 28.7 Å². The Morgan fingerprint density at radius 2 is 1.94 bits per heavy atom. The maximum atomic E-state index is 11.7. The zero-order valence-corrected chi connectivity index (χ0v) is 11.1. The van der Waals surface area contributed by atoms with Crippen LogP contribution in [0.4, 0.5) is 0 Å². The maximum absolute atomic E-state index is 11.7. The van der Waals surface area contributed by atoms with Gasteiger partial charge in [0.1, 0.15) is 0 Å². The number of ether oxygens (including phenoxy) is 1. The SMILES string of the molecule is C[C@@H]1C[C@H]1C(=O)OCC(=O)c1ccc(Br)cc1. The molecule has 3 nitrogen and oxygen atoms in total. The van der Waals surface area contributed by atoms with Gasteiger partial charge >= 0.3 is 5.97 Å². The molecule has 2 atom stereocenters. The fourth-order valence-electron chi connectivity index (χ4n) is 1.61. The standard InChI is InChI=1S/C13H13BrO3/c1-8-6-11(8)13(16)17-7-12(15)9-2-4-10(14)5-3-9/h2-5,8,11H,6-7H2,1H3/t8-,11-/m1/s1. The first-order valence-electron chi connectivity index (χ1n) is 5.53. The Labute approximate surface area is 108 Å². The molecule has 0 N–H and O–H groups in total. The number of hydrogen-bond acceptors (Lipinski definition) is 3. The molecule has 90 valence electrons. The van der Waals surface area contributed by atoms with Gasteiger partial charge in [0.2, 0.25) is 0 Å². The minimum atomic E-state index is -0.247. The maximum Gasteiger partial charge on any atom is 0.309 e. The van der Waals surface area contributed by atoms with Crippen molar-refractivity contribution in [3.8, 4) is 0 Å². The van der Waals surface area contributed by atoms with Gasteiger partial charge in [-0.2, -0.15) is 0 Å². The second-order valence-corrected chi connectivity index (χ2v) is 5.27. The van der Waals surface area contributed by atoms with E-state index >= 15 is 0 Å². The highest BCUT2D eigenvalue weighted by Crippen LogP contribution is 2.38. The van der Waals surface area contributed by atoms with Crippen molar-refractivity contribution in [1.29, 1.82) is 0 Å². The molecule has 0 bridgehead atoms. The number of ketones is 1.